The number of amides is 2. The molecule has 2 N–H and O–H groups in total. The number of carbonyl (C=O) groups excluding carboxylic acids is 2. The predicted molar refractivity (Wildman–Crippen MR) is 148 cm³/mol. The molecule has 2 amide bonds. The number of nitrogens with one attached hydrogen (secondary N) is 1. The van der Waals surface area contributed by atoms with Crippen molar-refractivity contribution in [3.05, 3.63) is 59.7 Å². The quantitative estimate of drug-likeness (QED) is 0.327. The Balaban J connectivity index is 0.00000247. The van der Waals surface area contributed by atoms with Gasteiger partial charge in [0.25, 0.3) is 0 Å². The summed E-state index contributed by atoms with van der Waals surface area (Å²) in [6.07, 6.45) is 1.98. The average Bonchev–Trinajstić information content (AvgIpc) is 3.19. The summed E-state index contributed by atoms with van der Waals surface area (Å²) in [5.41, 5.74) is 3.96. The number of nitrogens with zero attached hydrogens (tertiary/aromatic N) is 1. The number of carbonyl (C=O) groups is 3. The molecule has 0 atom stereocenters. The van der Waals surface area contributed by atoms with Crippen LogP contribution in [0.25, 0.3) is 11.1 Å². The second-order valence-electron chi connectivity index (χ2n) is 9.96. The van der Waals surface area contributed by atoms with Crippen molar-refractivity contribution in [1.29, 1.82) is 0 Å². The molecule has 0 saturated heterocycles. The predicted octanol–water partition coefficient (Wildman–Crippen LogP) is 6.43. The Morgan fingerprint density at radius 2 is 1.45 bits per heavy atom. The van der Waals surface area contributed by atoms with Gasteiger partial charge in [0.05, 0.1) is 0 Å². The fourth-order valence-corrected chi connectivity index (χ4v) is 4.37. The van der Waals surface area contributed by atoms with Gasteiger partial charge in [0.15, 0.2) is 0 Å². The van der Waals surface area contributed by atoms with Crippen molar-refractivity contribution in [3.63, 3.8) is 0 Å². The van der Waals surface area contributed by atoms with Crippen molar-refractivity contribution in [2.75, 3.05) is 26.2 Å². The van der Waals surface area contributed by atoms with Gasteiger partial charge in [-0.3, -0.25) is 9.69 Å². The summed E-state index contributed by atoms with van der Waals surface area (Å²) >= 11 is 0. The van der Waals surface area contributed by atoms with E-state index in [9.17, 15) is 19.5 Å². The highest BCUT2D eigenvalue weighted by atomic mass is 16.6. The molecule has 38 heavy (non-hydrogen) atoms. The third kappa shape index (κ3) is 9.39. The van der Waals surface area contributed by atoms with Crippen LogP contribution < -0.4 is 5.32 Å². The molecular formula is C30H42N2O6. The van der Waals surface area contributed by atoms with Crippen molar-refractivity contribution in [1.82, 2.24) is 10.2 Å². The molecule has 0 spiro atoms. The Morgan fingerprint density at radius 1 is 0.895 bits per heavy atom. The lowest BCUT2D eigenvalue weighted by molar-refractivity contribution is -0.138. The lowest BCUT2D eigenvalue weighted by atomic mass is 9.98. The zero-order valence-corrected chi connectivity index (χ0v) is 23.3. The van der Waals surface area contributed by atoms with E-state index in [4.69, 9.17) is 9.47 Å². The number of carboxylic acids is 1. The number of ether oxygens (including phenoxy) is 2. The Hall–Kier alpha value is -3.55. The van der Waals surface area contributed by atoms with Gasteiger partial charge in [-0.2, -0.15) is 0 Å². The van der Waals surface area contributed by atoms with Crippen molar-refractivity contribution in [2.45, 2.75) is 71.8 Å². The van der Waals surface area contributed by atoms with Gasteiger partial charge in [0.1, 0.15) is 18.8 Å². The van der Waals surface area contributed by atoms with Crippen molar-refractivity contribution < 1.29 is 29.0 Å². The number of aliphatic carboxylic acids is 1. The van der Waals surface area contributed by atoms with Crippen LogP contribution >= 0.6 is 0 Å². The Bertz CT molecular complexity index is 1020. The number of benzene rings is 2. The highest BCUT2D eigenvalue weighted by Crippen LogP contribution is 2.44. The van der Waals surface area contributed by atoms with E-state index in [1.54, 1.807) is 0 Å². The maximum Gasteiger partial charge on any atom is 0.410 e. The number of alkyl carbamates (subject to hydrolysis) is 1. The van der Waals surface area contributed by atoms with Crippen molar-refractivity contribution >= 4 is 18.2 Å². The van der Waals surface area contributed by atoms with Gasteiger partial charge in [0, 0.05) is 19.0 Å². The normalized spacial score (nSPS) is 11.9. The minimum Gasteiger partial charge on any atom is -0.480 e. The molecule has 0 bridgehead atoms. The highest BCUT2D eigenvalue weighted by molar-refractivity contribution is 5.79. The molecule has 0 aromatic heterocycles. The first-order chi connectivity index (χ1) is 18.2. The molecule has 1 aliphatic carbocycles. The smallest absolute Gasteiger partial charge is 0.410 e. The Morgan fingerprint density at radius 3 is 2.00 bits per heavy atom. The number of hydrogen-bond donors (Lipinski definition) is 2. The van der Waals surface area contributed by atoms with Gasteiger partial charge in [-0.1, -0.05) is 75.2 Å². The average molecular weight is 527 g/mol. The molecule has 0 aliphatic heterocycles. The molecule has 0 fully saturated rings. The Labute approximate surface area is 226 Å². The molecule has 2 aromatic rings. The summed E-state index contributed by atoms with van der Waals surface area (Å²) in [7, 11) is 0. The Kier molecular flexibility index (Phi) is 12.1. The van der Waals surface area contributed by atoms with Crippen molar-refractivity contribution in [3.8, 4) is 11.1 Å². The summed E-state index contributed by atoms with van der Waals surface area (Å²) in [6.45, 7) is 9.98. The van der Waals surface area contributed by atoms with Gasteiger partial charge in [-0.15, -0.1) is 0 Å². The van der Waals surface area contributed by atoms with Crippen molar-refractivity contribution in [2.24, 2.45) is 0 Å². The molecule has 0 unspecified atom stereocenters. The summed E-state index contributed by atoms with van der Waals surface area (Å²) in [5, 5.41) is 12.0. The van der Waals surface area contributed by atoms with Crippen LogP contribution in [0.15, 0.2) is 48.5 Å². The summed E-state index contributed by atoms with van der Waals surface area (Å²) in [5.74, 6) is -1.16. The van der Waals surface area contributed by atoms with E-state index in [0.29, 0.717) is 19.5 Å². The maximum atomic E-state index is 12.8. The van der Waals surface area contributed by atoms with E-state index in [0.717, 1.165) is 41.5 Å². The summed E-state index contributed by atoms with van der Waals surface area (Å²) in [6, 6.07) is 16.1. The first kappa shape index (κ1) is 30.7. The zero-order valence-electron chi connectivity index (χ0n) is 23.3. The highest BCUT2D eigenvalue weighted by Gasteiger charge is 2.30. The topological polar surface area (TPSA) is 105 Å². The summed E-state index contributed by atoms with van der Waals surface area (Å²) in [4.78, 5) is 37.0. The lowest BCUT2D eigenvalue weighted by Crippen LogP contribution is -2.37. The second kappa shape index (κ2) is 15.0. The molecule has 1 aliphatic rings. The van der Waals surface area contributed by atoms with Crippen LogP contribution in [0.1, 0.15) is 77.3 Å². The van der Waals surface area contributed by atoms with E-state index in [1.807, 2.05) is 71.0 Å². The zero-order chi connectivity index (χ0) is 28.1. The number of unbranched alkanes of at least 4 members (excludes halogenated alkanes) is 3. The minimum atomic E-state index is -1.08. The summed E-state index contributed by atoms with van der Waals surface area (Å²) < 4.78 is 10.8. The molecular weight excluding hydrogens is 484 g/mol. The van der Waals surface area contributed by atoms with Crippen LogP contribution in [0.5, 0.6) is 0 Å². The van der Waals surface area contributed by atoms with Crippen LogP contribution in [0.3, 0.4) is 0 Å². The van der Waals surface area contributed by atoms with Crippen LogP contribution in [0, 0.1) is 0 Å². The standard InChI is InChI=1S/C28H36N2O6.C2H6/c1-28(2,3)36-26(33)29-16-10-4-5-11-17-30(18-25(31)32)27(34)35-19-24-22-14-8-6-12-20(22)21-13-7-9-15-23(21)24;1-2/h6-9,12-15,24H,4-5,10-11,16-19H2,1-3H3,(H,29,33)(H,31,32);1-2H3. The van der Waals surface area contributed by atoms with Crippen LogP contribution in [-0.4, -0.2) is 60.0 Å². The first-order valence-electron chi connectivity index (χ1n) is 13.4. The number of fused-ring (bicyclic) bond motifs is 3. The van der Waals surface area contributed by atoms with Gasteiger partial charge >= 0.3 is 18.2 Å². The van der Waals surface area contributed by atoms with Gasteiger partial charge < -0.3 is 19.9 Å². The molecule has 0 heterocycles. The fourth-order valence-electron chi connectivity index (χ4n) is 4.37. The molecule has 208 valence electrons. The largest absolute Gasteiger partial charge is 0.480 e. The monoisotopic (exact) mass is 526 g/mol. The van der Waals surface area contributed by atoms with E-state index in [1.165, 1.54) is 4.90 Å². The maximum absolute atomic E-state index is 12.8. The van der Waals surface area contributed by atoms with E-state index in [-0.39, 0.29) is 12.5 Å². The first-order valence-corrected chi connectivity index (χ1v) is 13.4. The molecule has 8 nitrogen and oxygen atoms in total. The van der Waals surface area contributed by atoms with E-state index in [2.05, 4.69) is 17.4 Å². The number of carboxylic acid groups (broad SMARTS) is 1. The van der Waals surface area contributed by atoms with Gasteiger partial charge in [-0.25, -0.2) is 9.59 Å². The SMILES string of the molecule is CC.CC(C)(C)OC(=O)NCCCCCCN(CC(=O)O)C(=O)OCC1c2ccccc2-c2ccccc21. The third-order valence-electron chi connectivity index (χ3n) is 5.94. The fraction of sp³-hybridized carbons (Fsp3) is 0.500. The van der Waals surface area contributed by atoms with Gasteiger partial charge in [-0.05, 0) is 55.9 Å². The molecule has 3 rings (SSSR count). The molecule has 0 radical (unpaired) electrons. The van der Waals surface area contributed by atoms with Crippen LogP contribution in [0.2, 0.25) is 0 Å². The number of hydrogen-bond acceptors (Lipinski definition) is 5. The third-order valence-corrected chi connectivity index (χ3v) is 5.94. The number of rotatable bonds is 11. The van der Waals surface area contributed by atoms with E-state index >= 15 is 0 Å². The second-order valence-corrected chi connectivity index (χ2v) is 9.96. The van der Waals surface area contributed by atoms with Gasteiger partial charge in [0.2, 0.25) is 0 Å². The van der Waals surface area contributed by atoms with Crippen LogP contribution in [-0.2, 0) is 14.3 Å². The van der Waals surface area contributed by atoms with E-state index < -0.39 is 30.3 Å². The molecule has 2 aromatic carbocycles. The van der Waals surface area contributed by atoms with Crippen LogP contribution in [0.4, 0.5) is 9.59 Å². The lowest BCUT2D eigenvalue weighted by Gasteiger charge is -2.22. The minimum absolute atomic E-state index is 0.0782. The molecule has 8 heteroatoms. The molecule has 0 saturated carbocycles.